The third kappa shape index (κ3) is 7.99. The molecule has 2 atom stereocenters. The molecule has 0 heterocycles. The molecule has 3 aromatic carbocycles. The molecule has 0 aromatic heterocycles. The lowest BCUT2D eigenvalue weighted by Crippen LogP contribution is -2.53. The normalized spacial score (nSPS) is 12.2. The second-order valence-electron chi connectivity index (χ2n) is 8.16. The number of rotatable bonds is 10. The van der Waals surface area contributed by atoms with Crippen molar-refractivity contribution in [1.29, 1.82) is 0 Å². The maximum absolute atomic E-state index is 13.3. The number of carbonyl (C=O) groups is 3. The summed E-state index contributed by atoms with van der Waals surface area (Å²) in [6.45, 7) is 2.01. The average Bonchev–Trinajstić information content (AvgIpc) is 2.88. The number of alkyl carbamates (subject to hydrolysis) is 1. The van der Waals surface area contributed by atoms with Gasteiger partial charge in [-0.1, -0.05) is 84.9 Å². The summed E-state index contributed by atoms with van der Waals surface area (Å²) in [5.41, 5.74) is 3.59. The summed E-state index contributed by atoms with van der Waals surface area (Å²) in [6.07, 6.45) is -0.231. The van der Waals surface area contributed by atoms with Crippen molar-refractivity contribution in [3.8, 4) is 0 Å². The second kappa shape index (κ2) is 12.9. The average molecular weight is 475 g/mol. The molecule has 182 valence electrons. The van der Waals surface area contributed by atoms with E-state index < -0.39 is 30.1 Å². The topological polar surface area (TPSA) is 93.7 Å². The lowest BCUT2D eigenvalue weighted by molar-refractivity contribution is -0.145. The number of ether oxygens (including phenoxy) is 2. The van der Waals surface area contributed by atoms with Gasteiger partial charge in [0, 0.05) is 12.8 Å². The zero-order chi connectivity index (χ0) is 25.0. The Bertz CT molecular complexity index is 1120. The molecule has 7 heteroatoms. The molecule has 2 N–H and O–H groups in total. The predicted molar refractivity (Wildman–Crippen MR) is 133 cm³/mol. The lowest BCUT2D eigenvalue weighted by Gasteiger charge is -2.23. The van der Waals surface area contributed by atoms with Crippen LogP contribution in [0.25, 0.3) is 0 Å². The van der Waals surface area contributed by atoms with Gasteiger partial charge in [-0.2, -0.15) is 0 Å². The molecular weight excluding hydrogens is 444 g/mol. The fourth-order valence-corrected chi connectivity index (χ4v) is 3.63. The van der Waals surface area contributed by atoms with Crippen molar-refractivity contribution >= 4 is 18.0 Å². The largest absolute Gasteiger partial charge is 0.467 e. The number of nitrogens with one attached hydrogen (secondary N) is 2. The van der Waals surface area contributed by atoms with E-state index in [1.807, 2.05) is 91.9 Å². The van der Waals surface area contributed by atoms with Gasteiger partial charge in [-0.25, -0.2) is 9.59 Å². The number of methoxy groups -OCH3 is 1. The highest BCUT2D eigenvalue weighted by Gasteiger charge is 2.28. The summed E-state index contributed by atoms with van der Waals surface area (Å²) in [6, 6.07) is 24.3. The zero-order valence-electron chi connectivity index (χ0n) is 19.9. The molecule has 0 saturated heterocycles. The van der Waals surface area contributed by atoms with Gasteiger partial charge in [0.05, 0.1) is 7.11 Å². The summed E-state index contributed by atoms with van der Waals surface area (Å²) >= 11 is 0. The molecule has 0 aliphatic heterocycles. The number of esters is 1. The van der Waals surface area contributed by atoms with Crippen molar-refractivity contribution in [1.82, 2.24) is 10.6 Å². The highest BCUT2D eigenvalue weighted by Crippen LogP contribution is 2.12. The van der Waals surface area contributed by atoms with E-state index in [9.17, 15) is 14.4 Å². The molecule has 7 nitrogen and oxygen atoms in total. The Labute approximate surface area is 205 Å². The first-order chi connectivity index (χ1) is 17.0. The first-order valence-corrected chi connectivity index (χ1v) is 11.4. The molecule has 2 amide bonds. The summed E-state index contributed by atoms with van der Waals surface area (Å²) in [7, 11) is 1.28. The van der Waals surface area contributed by atoms with Crippen molar-refractivity contribution in [3.63, 3.8) is 0 Å². The van der Waals surface area contributed by atoms with Gasteiger partial charge in [0.2, 0.25) is 5.91 Å². The van der Waals surface area contributed by atoms with Crippen molar-refractivity contribution in [2.45, 2.75) is 38.5 Å². The minimum atomic E-state index is -0.954. The Morgan fingerprint density at radius 1 is 0.743 bits per heavy atom. The Morgan fingerprint density at radius 2 is 1.34 bits per heavy atom. The quantitative estimate of drug-likeness (QED) is 0.437. The molecule has 3 aromatic rings. The number of aryl methyl sites for hydroxylation is 1. The highest BCUT2D eigenvalue weighted by molar-refractivity contribution is 5.90. The smallest absolute Gasteiger partial charge is 0.408 e. The Balaban J connectivity index is 1.72. The SMILES string of the molecule is COC(=O)[C@H](Cc1ccccc1C)NC(=O)[C@H](Cc1ccccc1)NC(=O)OCc1ccccc1. The van der Waals surface area contributed by atoms with E-state index in [0.717, 1.165) is 22.3 Å². The third-order valence-corrected chi connectivity index (χ3v) is 5.59. The van der Waals surface area contributed by atoms with Gasteiger partial charge < -0.3 is 20.1 Å². The Kier molecular flexibility index (Phi) is 9.42. The van der Waals surface area contributed by atoms with Crippen LogP contribution in [-0.2, 0) is 38.5 Å². The Hall–Kier alpha value is -4.13. The van der Waals surface area contributed by atoms with Crippen LogP contribution >= 0.6 is 0 Å². The second-order valence-corrected chi connectivity index (χ2v) is 8.16. The molecule has 0 unspecified atom stereocenters. The predicted octanol–water partition coefficient (Wildman–Crippen LogP) is 3.73. The summed E-state index contributed by atoms with van der Waals surface area (Å²) in [5.74, 6) is -1.07. The molecule has 0 saturated carbocycles. The van der Waals surface area contributed by atoms with Crippen LogP contribution in [-0.4, -0.2) is 37.2 Å². The van der Waals surface area contributed by atoms with Crippen LogP contribution < -0.4 is 10.6 Å². The molecule has 0 aliphatic rings. The minimum absolute atomic E-state index is 0.0738. The molecule has 35 heavy (non-hydrogen) atoms. The standard InChI is InChI=1S/C28H30N2O5/c1-20-11-9-10-16-23(20)18-25(27(32)34-2)29-26(31)24(17-21-12-5-3-6-13-21)30-28(33)35-19-22-14-7-4-8-15-22/h3-16,24-25H,17-19H2,1-2H3,(H,29,31)(H,30,33)/t24-,25-/m0/s1. The molecule has 0 radical (unpaired) electrons. The third-order valence-electron chi connectivity index (χ3n) is 5.59. The van der Waals surface area contributed by atoms with Crippen molar-refractivity contribution in [3.05, 3.63) is 107 Å². The molecule has 0 fully saturated rings. The summed E-state index contributed by atoms with van der Waals surface area (Å²) in [5, 5.41) is 5.41. The van der Waals surface area contributed by atoms with Crippen molar-refractivity contribution < 1.29 is 23.9 Å². The van der Waals surface area contributed by atoms with Gasteiger partial charge >= 0.3 is 12.1 Å². The van der Waals surface area contributed by atoms with Gasteiger partial charge in [-0.3, -0.25) is 4.79 Å². The molecule has 3 rings (SSSR count). The minimum Gasteiger partial charge on any atom is -0.467 e. The fraction of sp³-hybridized carbons (Fsp3) is 0.250. The van der Waals surface area contributed by atoms with E-state index in [1.165, 1.54) is 7.11 Å². The van der Waals surface area contributed by atoms with E-state index in [4.69, 9.17) is 9.47 Å². The number of amides is 2. The number of benzene rings is 3. The van der Waals surface area contributed by atoms with Crippen LogP contribution in [0.4, 0.5) is 4.79 Å². The fourth-order valence-electron chi connectivity index (χ4n) is 3.63. The van der Waals surface area contributed by atoms with E-state index >= 15 is 0 Å². The van der Waals surface area contributed by atoms with E-state index in [-0.39, 0.29) is 19.4 Å². The van der Waals surface area contributed by atoms with Crippen LogP contribution in [0.1, 0.15) is 22.3 Å². The van der Waals surface area contributed by atoms with Crippen LogP contribution in [0.3, 0.4) is 0 Å². The van der Waals surface area contributed by atoms with Gasteiger partial charge in [-0.05, 0) is 29.2 Å². The first-order valence-electron chi connectivity index (χ1n) is 11.4. The van der Waals surface area contributed by atoms with Gasteiger partial charge in [0.15, 0.2) is 0 Å². The molecular formula is C28H30N2O5. The van der Waals surface area contributed by atoms with E-state index in [1.54, 1.807) is 0 Å². The molecule has 0 spiro atoms. The molecule has 0 aliphatic carbocycles. The Morgan fingerprint density at radius 3 is 1.97 bits per heavy atom. The van der Waals surface area contributed by atoms with Crippen molar-refractivity contribution in [2.75, 3.05) is 7.11 Å². The molecule has 0 bridgehead atoms. The van der Waals surface area contributed by atoms with Crippen LogP contribution in [0.2, 0.25) is 0 Å². The highest BCUT2D eigenvalue weighted by atomic mass is 16.5. The van der Waals surface area contributed by atoms with E-state index in [2.05, 4.69) is 10.6 Å². The van der Waals surface area contributed by atoms with Gasteiger partial charge in [0.1, 0.15) is 18.7 Å². The maximum atomic E-state index is 13.3. The number of hydrogen-bond donors (Lipinski definition) is 2. The summed E-state index contributed by atoms with van der Waals surface area (Å²) in [4.78, 5) is 38.3. The van der Waals surface area contributed by atoms with Crippen LogP contribution in [0.5, 0.6) is 0 Å². The monoisotopic (exact) mass is 474 g/mol. The van der Waals surface area contributed by atoms with Crippen LogP contribution in [0.15, 0.2) is 84.9 Å². The van der Waals surface area contributed by atoms with Crippen LogP contribution in [0, 0.1) is 6.92 Å². The zero-order valence-corrected chi connectivity index (χ0v) is 19.9. The number of hydrogen-bond acceptors (Lipinski definition) is 5. The summed E-state index contributed by atoms with van der Waals surface area (Å²) < 4.78 is 10.2. The van der Waals surface area contributed by atoms with Crippen molar-refractivity contribution in [2.24, 2.45) is 0 Å². The first kappa shape index (κ1) is 25.5. The van der Waals surface area contributed by atoms with E-state index in [0.29, 0.717) is 0 Å². The van der Waals surface area contributed by atoms with Gasteiger partial charge in [0.25, 0.3) is 0 Å². The van der Waals surface area contributed by atoms with Gasteiger partial charge in [-0.15, -0.1) is 0 Å². The lowest BCUT2D eigenvalue weighted by atomic mass is 10.00. The number of carbonyl (C=O) groups excluding carboxylic acids is 3. The maximum Gasteiger partial charge on any atom is 0.408 e.